The van der Waals surface area contributed by atoms with Crippen LogP contribution in [0.3, 0.4) is 0 Å². The van der Waals surface area contributed by atoms with Crippen LogP contribution in [0.5, 0.6) is 5.75 Å². The van der Waals surface area contributed by atoms with Crippen molar-refractivity contribution in [3.05, 3.63) is 78.1 Å². The average molecular weight is 550 g/mol. The molecule has 0 fully saturated rings. The predicted molar refractivity (Wildman–Crippen MR) is 153 cm³/mol. The molecule has 4 amide bonds. The second kappa shape index (κ2) is 13.9. The molecule has 0 radical (unpaired) electrons. The van der Waals surface area contributed by atoms with Gasteiger partial charge in [0, 0.05) is 18.5 Å². The van der Waals surface area contributed by atoms with Crippen LogP contribution in [0, 0.1) is 0 Å². The van der Waals surface area contributed by atoms with E-state index >= 15 is 0 Å². The highest BCUT2D eigenvalue weighted by Gasteiger charge is 2.19. The lowest BCUT2D eigenvalue weighted by Gasteiger charge is -2.20. The van der Waals surface area contributed by atoms with Gasteiger partial charge in [0.05, 0.1) is 24.5 Å². The lowest BCUT2D eigenvalue weighted by Crippen LogP contribution is -2.33. The summed E-state index contributed by atoms with van der Waals surface area (Å²) in [6, 6.07) is 16.0. The quantitative estimate of drug-likeness (QED) is 0.229. The number of urea groups is 1. The first-order valence-electron chi connectivity index (χ1n) is 12.8. The van der Waals surface area contributed by atoms with Gasteiger partial charge in [0.2, 0.25) is 0 Å². The Morgan fingerprint density at radius 2 is 1.60 bits per heavy atom. The fourth-order valence-electron chi connectivity index (χ4n) is 3.66. The number of pyridine rings is 1. The first kappa shape index (κ1) is 29.9. The number of nitrogens with one attached hydrogen (secondary N) is 4. The number of anilines is 3. The van der Waals surface area contributed by atoms with E-state index in [4.69, 9.17) is 9.47 Å². The van der Waals surface area contributed by atoms with Gasteiger partial charge in [-0.2, -0.15) is 0 Å². The van der Waals surface area contributed by atoms with Gasteiger partial charge in [-0.1, -0.05) is 18.2 Å². The number of rotatable bonds is 10. The second-order valence-electron chi connectivity index (χ2n) is 9.85. The fourth-order valence-corrected chi connectivity index (χ4v) is 3.66. The maximum atomic E-state index is 12.9. The number of aliphatic hydroxyl groups excluding tert-OH is 1. The summed E-state index contributed by atoms with van der Waals surface area (Å²) in [6.07, 6.45) is 1.78. The van der Waals surface area contributed by atoms with Crippen LogP contribution in [0.1, 0.15) is 55.7 Å². The van der Waals surface area contributed by atoms with Crippen molar-refractivity contribution in [2.45, 2.75) is 45.3 Å². The summed E-state index contributed by atoms with van der Waals surface area (Å²) in [5, 5.41) is 20.4. The Bertz CT molecular complexity index is 1290. The molecule has 0 aliphatic carbocycles. The number of methoxy groups -OCH3 is 1. The molecule has 212 valence electrons. The molecule has 3 aromatic rings. The van der Waals surface area contributed by atoms with Crippen LogP contribution < -0.4 is 26.0 Å². The predicted octanol–water partition coefficient (Wildman–Crippen LogP) is 5.32. The smallest absolute Gasteiger partial charge is 0.412 e. The molecular formula is C29H35N5O6. The lowest BCUT2D eigenvalue weighted by molar-refractivity contribution is 0.0635. The Labute approximate surface area is 233 Å². The molecule has 0 aliphatic heterocycles. The summed E-state index contributed by atoms with van der Waals surface area (Å²) >= 11 is 0. The van der Waals surface area contributed by atoms with Gasteiger partial charge in [-0.25, -0.2) is 9.59 Å². The Hall–Kier alpha value is -4.64. The summed E-state index contributed by atoms with van der Waals surface area (Å²) in [5.41, 5.74) is 1.47. The molecule has 0 spiro atoms. The molecule has 11 heteroatoms. The van der Waals surface area contributed by atoms with Gasteiger partial charge in [-0.05, 0) is 81.6 Å². The zero-order chi connectivity index (χ0) is 29.1. The minimum atomic E-state index is -0.672. The largest absolute Gasteiger partial charge is 0.497 e. The van der Waals surface area contributed by atoms with Crippen LogP contribution in [-0.2, 0) is 4.74 Å². The van der Waals surface area contributed by atoms with Gasteiger partial charge in [0.15, 0.2) is 0 Å². The van der Waals surface area contributed by atoms with Crippen LogP contribution in [-0.4, -0.2) is 47.4 Å². The van der Waals surface area contributed by atoms with Gasteiger partial charge in [-0.3, -0.25) is 15.1 Å². The van der Waals surface area contributed by atoms with E-state index in [1.165, 1.54) is 6.20 Å². The molecule has 3 rings (SSSR count). The topological polar surface area (TPSA) is 151 Å². The SMILES string of the molecule is COc1ccc(NC(=O)NC(CCCO)c2ccc(C(=O)Nc3ccccc3NC(=O)OC(C)(C)C)nc2)cc1. The van der Waals surface area contributed by atoms with Gasteiger partial charge in [0.1, 0.15) is 17.0 Å². The number of carbonyl (C=O) groups is 3. The maximum absolute atomic E-state index is 12.9. The molecule has 0 aliphatic rings. The Morgan fingerprint density at radius 1 is 0.925 bits per heavy atom. The van der Waals surface area contributed by atoms with Gasteiger partial charge in [-0.15, -0.1) is 0 Å². The highest BCUT2D eigenvalue weighted by Crippen LogP contribution is 2.24. The Morgan fingerprint density at radius 3 is 2.17 bits per heavy atom. The van der Waals surface area contributed by atoms with Crippen LogP contribution in [0.4, 0.5) is 26.7 Å². The number of aliphatic hydroxyl groups is 1. The van der Waals surface area contributed by atoms with Crippen molar-refractivity contribution in [2.75, 3.05) is 29.7 Å². The molecule has 5 N–H and O–H groups in total. The number of hydrogen-bond donors (Lipinski definition) is 5. The molecule has 0 saturated carbocycles. The summed E-state index contributed by atoms with van der Waals surface area (Å²) in [6.45, 7) is 5.23. The highest BCUT2D eigenvalue weighted by atomic mass is 16.6. The summed E-state index contributed by atoms with van der Waals surface area (Å²) in [4.78, 5) is 42.0. The number of benzene rings is 2. The first-order chi connectivity index (χ1) is 19.1. The Kier molecular flexibility index (Phi) is 10.4. The van der Waals surface area contributed by atoms with Gasteiger partial charge < -0.3 is 30.5 Å². The summed E-state index contributed by atoms with van der Waals surface area (Å²) in [7, 11) is 1.56. The number of aromatic nitrogens is 1. The molecule has 11 nitrogen and oxygen atoms in total. The zero-order valence-electron chi connectivity index (χ0n) is 23.0. The van der Waals surface area contributed by atoms with Gasteiger partial charge >= 0.3 is 12.1 Å². The van der Waals surface area contributed by atoms with E-state index < -0.39 is 29.7 Å². The molecule has 1 heterocycles. The van der Waals surface area contributed by atoms with E-state index in [0.29, 0.717) is 41.2 Å². The minimum absolute atomic E-state index is 0.0388. The third kappa shape index (κ3) is 9.28. The first-order valence-corrected chi connectivity index (χ1v) is 12.8. The molecule has 1 unspecified atom stereocenters. The lowest BCUT2D eigenvalue weighted by atomic mass is 10.0. The van der Waals surface area contributed by atoms with E-state index in [-0.39, 0.29) is 12.3 Å². The number of ether oxygens (including phenoxy) is 2. The van der Waals surface area contributed by atoms with E-state index in [1.54, 1.807) is 88.5 Å². The van der Waals surface area contributed by atoms with Gasteiger partial charge in [0.25, 0.3) is 5.91 Å². The summed E-state index contributed by atoms with van der Waals surface area (Å²) < 4.78 is 10.4. The van der Waals surface area contributed by atoms with Crippen molar-refractivity contribution in [2.24, 2.45) is 0 Å². The molecule has 1 atom stereocenters. The third-order valence-corrected chi connectivity index (χ3v) is 5.54. The number of hydrogen-bond acceptors (Lipinski definition) is 7. The zero-order valence-corrected chi connectivity index (χ0v) is 23.0. The van der Waals surface area contributed by atoms with E-state index in [1.807, 2.05) is 0 Å². The molecule has 1 aromatic heterocycles. The van der Waals surface area contributed by atoms with Crippen molar-refractivity contribution < 1.29 is 29.0 Å². The number of nitrogens with zero attached hydrogens (tertiary/aromatic N) is 1. The molecule has 0 saturated heterocycles. The van der Waals surface area contributed by atoms with Crippen LogP contribution in [0.25, 0.3) is 0 Å². The highest BCUT2D eigenvalue weighted by molar-refractivity contribution is 6.05. The molecular weight excluding hydrogens is 514 g/mol. The van der Waals surface area contributed by atoms with Crippen molar-refractivity contribution in [3.8, 4) is 5.75 Å². The van der Waals surface area contributed by atoms with Crippen LogP contribution in [0.2, 0.25) is 0 Å². The van der Waals surface area contributed by atoms with Crippen LogP contribution in [0.15, 0.2) is 66.9 Å². The fraction of sp³-hybridized carbons (Fsp3) is 0.310. The minimum Gasteiger partial charge on any atom is -0.497 e. The van der Waals surface area contributed by atoms with Crippen molar-refractivity contribution in [1.29, 1.82) is 0 Å². The van der Waals surface area contributed by atoms with E-state index in [9.17, 15) is 19.5 Å². The third-order valence-electron chi connectivity index (χ3n) is 5.54. The molecule has 2 aromatic carbocycles. The number of carbonyl (C=O) groups excluding carboxylic acids is 3. The Balaban J connectivity index is 1.67. The van der Waals surface area contributed by atoms with Crippen molar-refractivity contribution in [1.82, 2.24) is 10.3 Å². The second-order valence-corrected chi connectivity index (χ2v) is 9.85. The van der Waals surface area contributed by atoms with E-state index in [0.717, 1.165) is 0 Å². The number of amides is 4. The van der Waals surface area contributed by atoms with Crippen LogP contribution >= 0.6 is 0 Å². The normalized spacial score (nSPS) is 11.6. The maximum Gasteiger partial charge on any atom is 0.412 e. The van der Waals surface area contributed by atoms with E-state index in [2.05, 4.69) is 26.3 Å². The number of para-hydroxylation sites is 2. The average Bonchev–Trinajstić information content (AvgIpc) is 2.91. The standard InChI is InChI=1S/C29H35N5O6/c1-29(2,3)40-28(38)34-24-9-6-5-8-23(24)32-26(36)25-16-11-19(18-30-25)22(10-7-17-35)33-27(37)31-20-12-14-21(39-4)15-13-20/h5-6,8-9,11-16,18,22,35H,7,10,17H2,1-4H3,(H,32,36)(H,34,38)(H2,31,33,37). The van der Waals surface area contributed by atoms with Crippen molar-refractivity contribution in [3.63, 3.8) is 0 Å². The van der Waals surface area contributed by atoms with Crippen molar-refractivity contribution >= 4 is 35.1 Å². The molecule has 40 heavy (non-hydrogen) atoms. The monoisotopic (exact) mass is 549 g/mol. The molecule has 0 bridgehead atoms. The summed E-state index contributed by atoms with van der Waals surface area (Å²) in [5.74, 6) is 0.187.